The normalized spacial score (nSPS) is 11.1. The van der Waals surface area contributed by atoms with E-state index in [1.54, 1.807) is 31.5 Å². The fourth-order valence-electron chi connectivity index (χ4n) is 3.33. The molecule has 0 aliphatic heterocycles. The zero-order valence-electron chi connectivity index (χ0n) is 19.8. The number of nitrogens with zero attached hydrogens (tertiary/aromatic N) is 2. The molecule has 0 fully saturated rings. The highest BCUT2D eigenvalue weighted by Gasteiger charge is 2.13. The number of halogens is 1. The Hall–Kier alpha value is -3.34. The maximum atomic E-state index is 12.7. The van der Waals surface area contributed by atoms with Crippen molar-refractivity contribution in [3.05, 3.63) is 75.3 Å². The van der Waals surface area contributed by atoms with Crippen molar-refractivity contribution in [1.82, 2.24) is 4.98 Å². The van der Waals surface area contributed by atoms with Gasteiger partial charge in [-0.15, -0.1) is 11.3 Å². The SMILES string of the molecule is CCCCCCOc1ccc(C=C(C#N)C(=O)Nc2ncc(Cc3ccc(Cl)cc3)s2)cc1OC. The van der Waals surface area contributed by atoms with E-state index in [0.29, 0.717) is 40.2 Å². The lowest BCUT2D eigenvalue weighted by atomic mass is 10.1. The molecule has 8 heteroatoms. The highest BCUT2D eigenvalue weighted by atomic mass is 35.5. The molecule has 0 aliphatic carbocycles. The van der Waals surface area contributed by atoms with Gasteiger partial charge in [-0.1, -0.05) is 56.0 Å². The lowest BCUT2D eigenvalue weighted by molar-refractivity contribution is -0.112. The van der Waals surface area contributed by atoms with Crippen LogP contribution in [0.3, 0.4) is 0 Å². The fraction of sp³-hybridized carbons (Fsp3) is 0.296. The molecule has 2 aromatic carbocycles. The van der Waals surface area contributed by atoms with Crippen LogP contribution in [0.4, 0.5) is 5.13 Å². The Kier molecular flexibility index (Phi) is 10.1. The van der Waals surface area contributed by atoms with Gasteiger partial charge in [0.1, 0.15) is 11.6 Å². The average Bonchev–Trinajstić information content (AvgIpc) is 3.30. The number of methoxy groups -OCH3 is 1. The molecule has 0 atom stereocenters. The molecular weight excluding hydrogens is 482 g/mol. The van der Waals surface area contributed by atoms with Crippen molar-refractivity contribution in [1.29, 1.82) is 5.26 Å². The zero-order valence-corrected chi connectivity index (χ0v) is 21.4. The van der Waals surface area contributed by atoms with Crippen LogP contribution in [-0.2, 0) is 11.2 Å². The van der Waals surface area contributed by atoms with Gasteiger partial charge >= 0.3 is 0 Å². The summed E-state index contributed by atoms with van der Waals surface area (Å²) < 4.78 is 11.3. The summed E-state index contributed by atoms with van der Waals surface area (Å²) in [6.45, 7) is 2.79. The van der Waals surface area contributed by atoms with Gasteiger partial charge in [0.25, 0.3) is 5.91 Å². The van der Waals surface area contributed by atoms with Crippen LogP contribution in [-0.4, -0.2) is 24.6 Å². The van der Waals surface area contributed by atoms with Crippen molar-refractivity contribution < 1.29 is 14.3 Å². The van der Waals surface area contributed by atoms with Crippen LogP contribution < -0.4 is 14.8 Å². The van der Waals surface area contributed by atoms with E-state index < -0.39 is 5.91 Å². The molecule has 0 spiro atoms. The number of rotatable bonds is 12. The van der Waals surface area contributed by atoms with Gasteiger partial charge in [0.2, 0.25) is 0 Å². The van der Waals surface area contributed by atoms with Crippen molar-refractivity contribution in [2.45, 2.75) is 39.0 Å². The topological polar surface area (TPSA) is 84.2 Å². The average molecular weight is 510 g/mol. The van der Waals surface area contributed by atoms with Gasteiger partial charge in [0.15, 0.2) is 16.6 Å². The Morgan fingerprint density at radius 3 is 2.69 bits per heavy atom. The summed E-state index contributed by atoms with van der Waals surface area (Å²) in [6.07, 6.45) is 8.39. The quantitative estimate of drug-likeness (QED) is 0.163. The van der Waals surface area contributed by atoms with E-state index in [2.05, 4.69) is 17.2 Å². The van der Waals surface area contributed by atoms with Crippen LogP contribution in [0.2, 0.25) is 5.02 Å². The molecule has 0 saturated heterocycles. The Morgan fingerprint density at radius 1 is 1.17 bits per heavy atom. The van der Waals surface area contributed by atoms with Crippen LogP contribution in [0.1, 0.15) is 48.6 Å². The minimum absolute atomic E-state index is 0.0326. The number of ether oxygens (including phenoxy) is 2. The van der Waals surface area contributed by atoms with Crippen molar-refractivity contribution in [3.8, 4) is 17.6 Å². The first-order valence-electron chi connectivity index (χ1n) is 11.5. The zero-order chi connectivity index (χ0) is 25.0. The smallest absolute Gasteiger partial charge is 0.268 e. The number of hydrogen-bond acceptors (Lipinski definition) is 6. The number of aromatic nitrogens is 1. The van der Waals surface area contributed by atoms with Gasteiger partial charge in [0.05, 0.1) is 13.7 Å². The fourth-order valence-corrected chi connectivity index (χ4v) is 4.30. The standard InChI is InChI=1S/C27H28ClN3O3S/c1-3-4-5-6-13-34-24-12-9-20(16-25(24)33-2)14-21(17-29)26(32)31-27-30-18-23(35-27)15-19-7-10-22(28)11-8-19/h7-12,14,16,18H,3-6,13,15H2,1-2H3,(H,30,31,32). The summed E-state index contributed by atoms with van der Waals surface area (Å²) in [5.41, 5.74) is 1.72. The Morgan fingerprint density at radius 2 is 1.97 bits per heavy atom. The van der Waals surface area contributed by atoms with E-state index in [-0.39, 0.29) is 5.57 Å². The van der Waals surface area contributed by atoms with Crippen LogP contribution in [0, 0.1) is 11.3 Å². The largest absolute Gasteiger partial charge is 0.493 e. The van der Waals surface area contributed by atoms with Gasteiger partial charge in [-0.2, -0.15) is 5.26 Å². The molecule has 182 valence electrons. The number of carbonyl (C=O) groups is 1. The highest BCUT2D eigenvalue weighted by molar-refractivity contribution is 7.15. The van der Waals surface area contributed by atoms with Crippen molar-refractivity contribution in [2.24, 2.45) is 0 Å². The first-order valence-corrected chi connectivity index (χ1v) is 12.6. The molecular formula is C27H28ClN3O3S. The molecule has 0 radical (unpaired) electrons. The summed E-state index contributed by atoms with van der Waals surface area (Å²) in [5, 5.41) is 13.4. The Balaban J connectivity index is 1.63. The van der Waals surface area contributed by atoms with E-state index in [4.69, 9.17) is 21.1 Å². The summed E-state index contributed by atoms with van der Waals surface area (Å²) in [4.78, 5) is 17.9. The third kappa shape index (κ3) is 8.13. The number of unbranched alkanes of at least 4 members (excludes halogenated alkanes) is 3. The van der Waals surface area contributed by atoms with Crippen LogP contribution in [0.15, 0.2) is 54.2 Å². The molecule has 1 amide bonds. The summed E-state index contributed by atoms with van der Waals surface area (Å²) >= 11 is 7.30. The van der Waals surface area contributed by atoms with E-state index in [1.807, 2.05) is 30.3 Å². The number of carbonyl (C=O) groups excluding carboxylic acids is 1. The van der Waals surface area contributed by atoms with E-state index in [1.165, 1.54) is 30.3 Å². The number of thiazole rings is 1. The third-order valence-electron chi connectivity index (χ3n) is 5.18. The van der Waals surface area contributed by atoms with E-state index in [0.717, 1.165) is 23.3 Å². The maximum absolute atomic E-state index is 12.7. The highest BCUT2D eigenvalue weighted by Crippen LogP contribution is 2.29. The Bertz CT molecular complexity index is 1200. The minimum atomic E-state index is -0.518. The van der Waals surface area contributed by atoms with Crippen molar-refractivity contribution in [3.63, 3.8) is 0 Å². The third-order valence-corrected chi connectivity index (χ3v) is 6.35. The molecule has 1 aromatic heterocycles. The molecule has 3 rings (SSSR count). The monoisotopic (exact) mass is 509 g/mol. The molecule has 1 N–H and O–H groups in total. The first kappa shape index (κ1) is 26.3. The number of hydrogen-bond donors (Lipinski definition) is 1. The number of benzene rings is 2. The lowest BCUT2D eigenvalue weighted by Crippen LogP contribution is -2.13. The summed E-state index contributed by atoms with van der Waals surface area (Å²) in [6, 6.07) is 14.9. The van der Waals surface area contributed by atoms with Gasteiger partial charge < -0.3 is 9.47 Å². The number of amides is 1. The van der Waals surface area contributed by atoms with Gasteiger partial charge in [0, 0.05) is 22.5 Å². The summed E-state index contributed by atoms with van der Waals surface area (Å²) in [7, 11) is 1.56. The number of nitrogens with one attached hydrogen (secondary N) is 1. The summed E-state index contributed by atoms with van der Waals surface area (Å²) in [5.74, 6) is 0.675. The first-order chi connectivity index (χ1) is 17.0. The van der Waals surface area contributed by atoms with E-state index in [9.17, 15) is 10.1 Å². The van der Waals surface area contributed by atoms with Crippen LogP contribution in [0.5, 0.6) is 11.5 Å². The number of anilines is 1. The maximum Gasteiger partial charge on any atom is 0.268 e. The van der Waals surface area contributed by atoms with Crippen molar-refractivity contribution >= 4 is 40.1 Å². The minimum Gasteiger partial charge on any atom is -0.493 e. The van der Waals surface area contributed by atoms with Gasteiger partial charge in [-0.25, -0.2) is 4.98 Å². The van der Waals surface area contributed by atoms with Gasteiger partial charge in [-0.05, 0) is 47.9 Å². The molecule has 0 saturated carbocycles. The second-order valence-electron chi connectivity index (χ2n) is 7.88. The van der Waals surface area contributed by atoms with Crippen LogP contribution in [0.25, 0.3) is 6.08 Å². The van der Waals surface area contributed by atoms with E-state index >= 15 is 0 Å². The van der Waals surface area contributed by atoms with Gasteiger partial charge in [-0.3, -0.25) is 10.1 Å². The molecule has 1 heterocycles. The second kappa shape index (κ2) is 13.5. The predicted octanol–water partition coefficient (Wildman–Crippen LogP) is 6.90. The molecule has 0 aliphatic rings. The molecule has 35 heavy (non-hydrogen) atoms. The molecule has 0 bridgehead atoms. The molecule has 0 unspecified atom stereocenters. The second-order valence-corrected chi connectivity index (χ2v) is 9.43. The molecule has 3 aromatic rings. The van der Waals surface area contributed by atoms with Crippen molar-refractivity contribution in [2.75, 3.05) is 19.0 Å². The lowest BCUT2D eigenvalue weighted by Gasteiger charge is -2.11. The Labute approximate surface area is 215 Å². The predicted molar refractivity (Wildman–Crippen MR) is 141 cm³/mol. The molecule has 6 nitrogen and oxygen atoms in total. The number of nitriles is 1. The van der Waals surface area contributed by atoms with Crippen LogP contribution >= 0.6 is 22.9 Å².